The highest BCUT2D eigenvalue weighted by Crippen LogP contribution is 2.22. The van der Waals surface area contributed by atoms with Crippen LogP contribution in [0.15, 0.2) is 46.3 Å². The van der Waals surface area contributed by atoms with Crippen molar-refractivity contribution in [1.29, 1.82) is 5.26 Å². The van der Waals surface area contributed by atoms with Crippen LogP contribution in [0.25, 0.3) is 6.08 Å². The van der Waals surface area contributed by atoms with Crippen molar-refractivity contribution in [2.45, 2.75) is 25.3 Å². The Morgan fingerprint density at radius 1 is 1.38 bits per heavy atom. The van der Waals surface area contributed by atoms with E-state index in [1.165, 1.54) is 18.2 Å². The van der Waals surface area contributed by atoms with Gasteiger partial charge in [0.2, 0.25) is 9.84 Å². The van der Waals surface area contributed by atoms with Crippen LogP contribution in [0.2, 0.25) is 0 Å². The number of aryl methyl sites for hydroxylation is 1. The summed E-state index contributed by atoms with van der Waals surface area (Å²) in [5.41, 5.74) is 1.46. The lowest BCUT2D eigenvalue weighted by Crippen LogP contribution is -2.03. The predicted octanol–water partition coefficient (Wildman–Crippen LogP) is 2.55. The molecule has 1 aromatic carbocycles. The fraction of sp³-hybridized carbons (Fsp3) is 0.200. The molecule has 0 fully saturated rings. The Morgan fingerprint density at radius 3 is 2.57 bits per heavy atom. The number of nitrogens with zero attached hydrogens (tertiary/aromatic N) is 3. The van der Waals surface area contributed by atoms with E-state index in [0.29, 0.717) is 12.1 Å². The van der Waals surface area contributed by atoms with E-state index in [4.69, 9.17) is 0 Å². The fourth-order valence-electron chi connectivity index (χ4n) is 1.96. The minimum Gasteiger partial charge on any atom is -0.270 e. The van der Waals surface area contributed by atoms with Gasteiger partial charge in [0.15, 0.2) is 0 Å². The average molecular weight is 301 g/mol. The largest absolute Gasteiger partial charge is 0.270 e. The van der Waals surface area contributed by atoms with Crippen LogP contribution in [0.5, 0.6) is 0 Å². The van der Waals surface area contributed by atoms with E-state index >= 15 is 0 Å². The summed E-state index contributed by atoms with van der Waals surface area (Å²) in [6, 6.07) is 9.71. The maximum absolute atomic E-state index is 12.4. The maximum Gasteiger partial charge on any atom is 0.216 e. The summed E-state index contributed by atoms with van der Waals surface area (Å²) in [7, 11) is -3.80. The van der Waals surface area contributed by atoms with Gasteiger partial charge in [0, 0.05) is 17.8 Å². The highest BCUT2D eigenvalue weighted by molar-refractivity contribution is 7.95. The van der Waals surface area contributed by atoms with Crippen molar-refractivity contribution < 1.29 is 8.42 Å². The van der Waals surface area contributed by atoms with Crippen LogP contribution in [0.3, 0.4) is 0 Å². The second-order valence-electron chi connectivity index (χ2n) is 4.44. The topological polar surface area (TPSA) is 75.8 Å². The SMILES string of the molecule is CCn1ncc(C=C(C#N)S(=O)(=O)c2ccccc2)c1C. The number of benzene rings is 1. The number of rotatable bonds is 4. The van der Waals surface area contributed by atoms with Gasteiger partial charge in [-0.15, -0.1) is 0 Å². The molecule has 1 aromatic heterocycles. The zero-order valence-electron chi connectivity index (χ0n) is 11.8. The molecule has 0 bridgehead atoms. The lowest BCUT2D eigenvalue weighted by atomic mass is 10.2. The normalized spacial score (nSPS) is 12.1. The van der Waals surface area contributed by atoms with Crippen molar-refractivity contribution >= 4 is 15.9 Å². The summed E-state index contributed by atoms with van der Waals surface area (Å²) < 4.78 is 26.6. The van der Waals surface area contributed by atoms with Crippen LogP contribution in [-0.4, -0.2) is 18.2 Å². The van der Waals surface area contributed by atoms with E-state index in [-0.39, 0.29) is 9.80 Å². The summed E-state index contributed by atoms with van der Waals surface area (Å²) in [5.74, 6) is 0. The zero-order valence-corrected chi connectivity index (χ0v) is 12.6. The summed E-state index contributed by atoms with van der Waals surface area (Å²) in [5, 5.41) is 13.4. The molecule has 5 nitrogen and oxygen atoms in total. The molecule has 21 heavy (non-hydrogen) atoms. The third-order valence-electron chi connectivity index (χ3n) is 3.18. The predicted molar refractivity (Wildman–Crippen MR) is 79.9 cm³/mol. The molecule has 0 saturated carbocycles. The molecular formula is C15H15N3O2S. The number of hydrogen-bond donors (Lipinski definition) is 0. The van der Waals surface area contributed by atoms with Gasteiger partial charge in [0.05, 0.1) is 11.1 Å². The standard InChI is InChI=1S/C15H15N3O2S/c1-3-18-12(2)13(11-17-18)9-15(10-16)21(19,20)14-7-5-4-6-8-14/h4-9,11H,3H2,1-2H3. The number of allylic oxidation sites excluding steroid dienone is 1. The molecule has 0 radical (unpaired) electrons. The molecule has 1 heterocycles. The van der Waals surface area contributed by atoms with Crippen LogP contribution < -0.4 is 0 Å². The number of hydrogen-bond acceptors (Lipinski definition) is 4. The Kier molecular flexibility index (Phi) is 4.24. The number of aromatic nitrogens is 2. The molecule has 0 N–H and O–H groups in total. The second kappa shape index (κ2) is 5.94. The van der Waals surface area contributed by atoms with Crippen molar-refractivity contribution in [2.24, 2.45) is 0 Å². The quantitative estimate of drug-likeness (QED) is 0.813. The van der Waals surface area contributed by atoms with E-state index in [1.807, 2.05) is 13.8 Å². The van der Waals surface area contributed by atoms with Gasteiger partial charge in [0.25, 0.3) is 0 Å². The molecule has 0 aliphatic heterocycles. The van der Waals surface area contributed by atoms with Crippen molar-refractivity contribution in [3.8, 4) is 6.07 Å². The molecular weight excluding hydrogens is 286 g/mol. The molecule has 0 saturated heterocycles. The van der Waals surface area contributed by atoms with E-state index in [2.05, 4.69) is 5.10 Å². The third kappa shape index (κ3) is 2.88. The Balaban J connectivity index is 2.52. The van der Waals surface area contributed by atoms with Gasteiger partial charge < -0.3 is 0 Å². The van der Waals surface area contributed by atoms with E-state index in [1.54, 1.807) is 35.1 Å². The van der Waals surface area contributed by atoms with Crippen molar-refractivity contribution in [2.75, 3.05) is 0 Å². The molecule has 2 rings (SSSR count). The second-order valence-corrected chi connectivity index (χ2v) is 6.36. The minimum atomic E-state index is -3.80. The summed E-state index contributed by atoms with van der Waals surface area (Å²) >= 11 is 0. The fourth-order valence-corrected chi connectivity index (χ4v) is 3.13. The first kappa shape index (κ1) is 15.0. The van der Waals surface area contributed by atoms with Crippen molar-refractivity contribution in [1.82, 2.24) is 9.78 Å². The average Bonchev–Trinajstić information content (AvgIpc) is 2.85. The van der Waals surface area contributed by atoms with Gasteiger partial charge in [0.1, 0.15) is 11.0 Å². The zero-order chi connectivity index (χ0) is 15.5. The van der Waals surface area contributed by atoms with E-state index in [0.717, 1.165) is 5.69 Å². The minimum absolute atomic E-state index is 0.110. The Bertz CT molecular complexity index is 812. The van der Waals surface area contributed by atoms with Crippen LogP contribution in [0, 0.1) is 18.3 Å². The molecule has 0 aliphatic rings. The van der Waals surface area contributed by atoms with Gasteiger partial charge in [-0.2, -0.15) is 10.4 Å². The van der Waals surface area contributed by atoms with Gasteiger partial charge in [-0.05, 0) is 32.1 Å². The van der Waals surface area contributed by atoms with Gasteiger partial charge in [-0.1, -0.05) is 18.2 Å². The summed E-state index contributed by atoms with van der Waals surface area (Å²) in [6.45, 7) is 4.47. The number of nitriles is 1. The van der Waals surface area contributed by atoms with Crippen LogP contribution in [-0.2, 0) is 16.4 Å². The van der Waals surface area contributed by atoms with Crippen LogP contribution in [0.4, 0.5) is 0 Å². The van der Waals surface area contributed by atoms with Crippen molar-refractivity contribution in [3.05, 3.63) is 52.7 Å². The molecule has 0 amide bonds. The molecule has 2 aromatic rings. The third-order valence-corrected chi connectivity index (χ3v) is 4.86. The molecule has 6 heteroatoms. The highest BCUT2D eigenvalue weighted by atomic mass is 32.2. The van der Waals surface area contributed by atoms with Crippen LogP contribution in [0.1, 0.15) is 18.2 Å². The molecule has 0 atom stereocenters. The Labute approximate surface area is 124 Å². The summed E-state index contributed by atoms with van der Waals surface area (Å²) in [4.78, 5) is -0.175. The summed E-state index contributed by atoms with van der Waals surface area (Å²) in [6.07, 6.45) is 2.94. The first-order chi connectivity index (χ1) is 10.0. The van der Waals surface area contributed by atoms with Gasteiger partial charge >= 0.3 is 0 Å². The first-order valence-corrected chi connectivity index (χ1v) is 7.93. The monoisotopic (exact) mass is 301 g/mol. The van der Waals surface area contributed by atoms with E-state index < -0.39 is 9.84 Å². The lowest BCUT2D eigenvalue weighted by molar-refractivity contribution is 0.603. The van der Waals surface area contributed by atoms with Crippen molar-refractivity contribution in [3.63, 3.8) is 0 Å². The maximum atomic E-state index is 12.4. The lowest BCUT2D eigenvalue weighted by Gasteiger charge is -2.03. The van der Waals surface area contributed by atoms with Gasteiger partial charge in [-0.25, -0.2) is 8.42 Å². The number of sulfone groups is 1. The van der Waals surface area contributed by atoms with Gasteiger partial charge in [-0.3, -0.25) is 4.68 Å². The Morgan fingerprint density at radius 2 is 2.05 bits per heavy atom. The highest BCUT2D eigenvalue weighted by Gasteiger charge is 2.21. The first-order valence-electron chi connectivity index (χ1n) is 6.45. The molecule has 0 spiro atoms. The molecule has 0 aliphatic carbocycles. The van der Waals surface area contributed by atoms with Crippen LogP contribution >= 0.6 is 0 Å². The molecule has 108 valence electrons. The Hall–Kier alpha value is -2.39. The smallest absolute Gasteiger partial charge is 0.216 e. The van der Waals surface area contributed by atoms with E-state index in [9.17, 15) is 13.7 Å². The molecule has 0 unspecified atom stereocenters.